The minimum atomic E-state index is -3.86. The van der Waals surface area contributed by atoms with Gasteiger partial charge in [-0.3, -0.25) is 0 Å². The molecule has 1 aromatic rings. The molecule has 0 saturated carbocycles. The van der Waals surface area contributed by atoms with Crippen molar-refractivity contribution in [2.24, 2.45) is 5.73 Å². The van der Waals surface area contributed by atoms with Crippen molar-refractivity contribution >= 4 is 28.4 Å². The van der Waals surface area contributed by atoms with Crippen LogP contribution in [0.2, 0.25) is 0 Å². The maximum atomic E-state index is 12.0. The topological polar surface area (TPSA) is 112 Å². The van der Waals surface area contributed by atoms with E-state index in [0.29, 0.717) is 0 Å². The molecule has 0 radical (unpaired) electrons. The molecule has 1 heterocycles. The van der Waals surface area contributed by atoms with Crippen molar-refractivity contribution in [2.75, 3.05) is 13.2 Å². The average Bonchev–Trinajstić information content (AvgIpc) is 2.78. The van der Waals surface area contributed by atoms with E-state index in [2.05, 4.69) is 4.72 Å². The molecule has 0 fully saturated rings. The van der Waals surface area contributed by atoms with Crippen molar-refractivity contribution in [2.45, 2.75) is 31.4 Å². The van der Waals surface area contributed by atoms with Crippen LogP contribution < -0.4 is 10.5 Å². The lowest BCUT2D eigenvalue weighted by atomic mass is 10.1. The van der Waals surface area contributed by atoms with Crippen molar-refractivity contribution in [3.05, 3.63) is 17.9 Å². The third kappa shape index (κ3) is 4.78. The van der Waals surface area contributed by atoms with Gasteiger partial charge in [0.1, 0.15) is 0 Å². The monoisotopic (exact) mass is 326 g/mol. The van der Waals surface area contributed by atoms with Crippen LogP contribution in [0.4, 0.5) is 0 Å². The Balaban J connectivity index is 0.00000361. The molecule has 0 amide bonds. The minimum Gasteiger partial charge on any atom is -0.460 e. The van der Waals surface area contributed by atoms with Crippen molar-refractivity contribution < 1.29 is 22.4 Å². The van der Waals surface area contributed by atoms with Gasteiger partial charge in [0.2, 0.25) is 10.9 Å². The summed E-state index contributed by atoms with van der Waals surface area (Å²) in [7, 11) is -3.86. The molecule has 0 bridgehead atoms. The molecule has 0 aliphatic rings. The largest absolute Gasteiger partial charge is 0.460 e. The van der Waals surface area contributed by atoms with E-state index in [4.69, 9.17) is 14.9 Å². The highest BCUT2D eigenvalue weighted by Gasteiger charge is 2.28. The third-order valence-corrected chi connectivity index (χ3v) is 3.81. The second-order valence-electron chi connectivity index (χ2n) is 4.53. The molecular formula is C11H19ClN2O5S. The quantitative estimate of drug-likeness (QED) is 0.751. The number of furan rings is 1. The normalized spacial score (nSPS) is 11.8. The van der Waals surface area contributed by atoms with Gasteiger partial charge in [0.15, 0.2) is 0 Å². The summed E-state index contributed by atoms with van der Waals surface area (Å²) in [6.45, 7) is 5.22. The first kappa shape index (κ1) is 18.9. The predicted octanol–water partition coefficient (Wildman–Crippen LogP) is 0.894. The number of nitrogens with one attached hydrogen (secondary N) is 1. The zero-order valence-corrected chi connectivity index (χ0v) is 13.1. The molecule has 1 aromatic heterocycles. The van der Waals surface area contributed by atoms with Crippen LogP contribution in [0, 0.1) is 0 Å². The van der Waals surface area contributed by atoms with Crippen LogP contribution in [-0.2, 0) is 14.8 Å². The van der Waals surface area contributed by atoms with Gasteiger partial charge in [-0.15, -0.1) is 12.4 Å². The van der Waals surface area contributed by atoms with E-state index in [1.165, 1.54) is 12.1 Å². The Bertz CT molecular complexity index is 553. The summed E-state index contributed by atoms with van der Waals surface area (Å²) < 4.78 is 36.1. The Hall–Kier alpha value is -1.09. The van der Waals surface area contributed by atoms with Gasteiger partial charge in [-0.05, 0) is 32.9 Å². The molecule has 7 nitrogen and oxygen atoms in total. The van der Waals surface area contributed by atoms with E-state index in [0.717, 1.165) is 0 Å². The minimum absolute atomic E-state index is 0. The summed E-state index contributed by atoms with van der Waals surface area (Å²) in [6, 6.07) is 2.45. The fourth-order valence-corrected chi connectivity index (χ4v) is 2.59. The maximum absolute atomic E-state index is 12.0. The van der Waals surface area contributed by atoms with Crippen molar-refractivity contribution in [1.29, 1.82) is 0 Å². The Morgan fingerprint density at radius 3 is 2.55 bits per heavy atom. The molecule has 0 saturated heterocycles. The van der Waals surface area contributed by atoms with Gasteiger partial charge >= 0.3 is 5.97 Å². The van der Waals surface area contributed by atoms with Crippen LogP contribution >= 0.6 is 12.4 Å². The Morgan fingerprint density at radius 2 is 2.05 bits per heavy atom. The van der Waals surface area contributed by atoms with Gasteiger partial charge < -0.3 is 14.9 Å². The van der Waals surface area contributed by atoms with Gasteiger partial charge in [-0.25, -0.2) is 17.9 Å². The van der Waals surface area contributed by atoms with Crippen LogP contribution in [0.25, 0.3) is 0 Å². The lowest BCUT2D eigenvalue weighted by molar-refractivity contribution is 0.0484. The standard InChI is InChI=1S/C11H18N2O5S.ClH/c1-4-17-10(14)8-5-6-9(18-8)19(15,16)13-11(2,3)7-12;/h5-6,13H,4,7,12H2,1-3H3;1H. The zero-order chi connectivity index (χ0) is 14.7. The Morgan fingerprint density at radius 1 is 1.45 bits per heavy atom. The van der Waals surface area contributed by atoms with Crippen LogP contribution in [0.15, 0.2) is 21.6 Å². The first-order chi connectivity index (χ1) is 8.72. The molecular weight excluding hydrogens is 308 g/mol. The lowest BCUT2D eigenvalue weighted by Crippen LogP contribution is -2.48. The number of hydrogen-bond donors (Lipinski definition) is 2. The Labute approximate surface area is 124 Å². The molecule has 0 aromatic carbocycles. The molecule has 0 unspecified atom stereocenters. The number of rotatable bonds is 6. The van der Waals surface area contributed by atoms with Crippen molar-refractivity contribution in [3.8, 4) is 0 Å². The summed E-state index contributed by atoms with van der Waals surface area (Å²) in [6.07, 6.45) is 0. The van der Waals surface area contributed by atoms with Gasteiger partial charge in [-0.2, -0.15) is 0 Å². The highest BCUT2D eigenvalue weighted by atomic mass is 35.5. The number of carbonyl (C=O) groups is 1. The molecule has 0 aliphatic heterocycles. The number of esters is 1. The second kappa shape index (κ2) is 7.07. The molecule has 0 atom stereocenters. The summed E-state index contributed by atoms with van der Waals surface area (Å²) >= 11 is 0. The fourth-order valence-electron chi connectivity index (χ4n) is 1.23. The van der Waals surface area contributed by atoms with E-state index < -0.39 is 21.5 Å². The van der Waals surface area contributed by atoms with E-state index in [1.54, 1.807) is 20.8 Å². The first-order valence-electron chi connectivity index (χ1n) is 5.73. The van der Waals surface area contributed by atoms with Crippen LogP contribution in [0.1, 0.15) is 31.3 Å². The van der Waals surface area contributed by atoms with Gasteiger partial charge in [0, 0.05) is 12.1 Å². The van der Waals surface area contributed by atoms with E-state index in [9.17, 15) is 13.2 Å². The number of ether oxygens (including phenoxy) is 1. The SMILES string of the molecule is CCOC(=O)c1ccc(S(=O)(=O)NC(C)(C)CN)o1.Cl. The summed E-state index contributed by atoms with van der Waals surface area (Å²) in [5.74, 6) is -0.866. The molecule has 0 aliphatic carbocycles. The highest BCUT2D eigenvalue weighted by Crippen LogP contribution is 2.16. The number of hydrogen-bond acceptors (Lipinski definition) is 6. The van der Waals surface area contributed by atoms with Crippen LogP contribution in [-0.4, -0.2) is 33.1 Å². The fraction of sp³-hybridized carbons (Fsp3) is 0.545. The molecule has 3 N–H and O–H groups in total. The molecule has 116 valence electrons. The molecule has 9 heteroatoms. The summed E-state index contributed by atoms with van der Waals surface area (Å²) in [5.41, 5.74) is 4.64. The maximum Gasteiger partial charge on any atom is 0.374 e. The molecule has 0 spiro atoms. The van der Waals surface area contributed by atoms with Crippen LogP contribution in [0.3, 0.4) is 0 Å². The summed E-state index contributed by atoms with van der Waals surface area (Å²) in [5, 5.41) is -0.350. The average molecular weight is 327 g/mol. The molecule has 20 heavy (non-hydrogen) atoms. The van der Waals surface area contributed by atoms with E-state index in [-0.39, 0.29) is 36.4 Å². The van der Waals surface area contributed by atoms with Gasteiger partial charge in [0.05, 0.1) is 6.61 Å². The summed E-state index contributed by atoms with van der Waals surface area (Å²) in [4.78, 5) is 11.4. The van der Waals surface area contributed by atoms with Crippen LogP contribution in [0.5, 0.6) is 0 Å². The third-order valence-electron chi connectivity index (χ3n) is 2.24. The van der Waals surface area contributed by atoms with Crippen molar-refractivity contribution in [3.63, 3.8) is 0 Å². The number of sulfonamides is 1. The number of nitrogens with two attached hydrogens (primary N) is 1. The second-order valence-corrected chi connectivity index (χ2v) is 6.15. The lowest BCUT2D eigenvalue weighted by Gasteiger charge is -2.22. The molecule has 1 rings (SSSR count). The number of carbonyl (C=O) groups excluding carboxylic acids is 1. The predicted molar refractivity (Wildman–Crippen MR) is 75.4 cm³/mol. The van der Waals surface area contributed by atoms with Crippen molar-refractivity contribution in [1.82, 2.24) is 4.72 Å². The smallest absolute Gasteiger partial charge is 0.374 e. The van der Waals surface area contributed by atoms with E-state index >= 15 is 0 Å². The highest BCUT2D eigenvalue weighted by molar-refractivity contribution is 7.89. The zero-order valence-electron chi connectivity index (χ0n) is 11.5. The number of halogens is 1. The van der Waals surface area contributed by atoms with Gasteiger partial charge in [-0.1, -0.05) is 0 Å². The van der Waals surface area contributed by atoms with E-state index in [1.807, 2.05) is 0 Å². The van der Waals surface area contributed by atoms with Gasteiger partial charge in [0.25, 0.3) is 10.0 Å². The Kier molecular flexibility index (Phi) is 6.69. The first-order valence-corrected chi connectivity index (χ1v) is 7.21.